The molecule has 0 saturated carbocycles. The summed E-state index contributed by atoms with van der Waals surface area (Å²) < 4.78 is 7.40. The van der Waals surface area contributed by atoms with Gasteiger partial charge >= 0.3 is 0 Å². The highest BCUT2D eigenvalue weighted by molar-refractivity contribution is 5.33. The number of rotatable bonds is 8. The second-order valence-electron chi connectivity index (χ2n) is 4.05. The van der Waals surface area contributed by atoms with Gasteiger partial charge in [0.1, 0.15) is 12.4 Å². The molecular formula is C14H18N4O. The van der Waals surface area contributed by atoms with E-state index in [1.807, 2.05) is 24.4 Å². The Balaban J connectivity index is 1.80. The van der Waals surface area contributed by atoms with Gasteiger partial charge in [-0.05, 0) is 6.07 Å². The molecule has 0 bridgehead atoms. The van der Waals surface area contributed by atoms with E-state index < -0.39 is 0 Å². The number of hydrogen-bond donors (Lipinski definition) is 1. The third-order valence-corrected chi connectivity index (χ3v) is 2.63. The van der Waals surface area contributed by atoms with Crippen LogP contribution in [0.15, 0.2) is 49.3 Å². The topological polar surface area (TPSA) is 52.0 Å². The summed E-state index contributed by atoms with van der Waals surface area (Å²) in [7, 11) is 0. The predicted octanol–water partition coefficient (Wildman–Crippen LogP) is 1.63. The molecule has 1 N–H and O–H groups in total. The lowest BCUT2D eigenvalue weighted by Crippen LogP contribution is -2.20. The van der Waals surface area contributed by atoms with Crippen LogP contribution in [0.2, 0.25) is 0 Å². The van der Waals surface area contributed by atoms with Gasteiger partial charge in [-0.15, -0.1) is 5.10 Å². The van der Waals surface area contributed by atoms with E-state index in [1.54, 1.807) is 17.0 Å². The average Bonchev–Trinajstić information content (AvgIpc) is 2.95. The van der Waals surface area contributed by atoms with E-state index in [-0.39, 0.29) is 0 Å². The second-order valence-corrected chi connectivity index (χ2v) is 4.05. The Labute approximate surface area is 112 Å². The van der Waals surface area contributed by atoms with Crippen molar-refractivity contribution in [1.29, 1.82) is 0 Å². The molecule has 100 valence electrons. The lowest BCUT2D eigenvalue weighted by Gasteiger charge is -2.10. The van der Waals surface area contributed by atoms with Gasteiger partial charge in [0, 0.05) is 24.8 Å². The minimum absolute atomic E-state index is 0.524. The van der Waals surface area contributed by atoms with Crippen LogP contribution in [0, 0.1) is 0 Å². The van der Waals surface area contributed by atoms with Crippen molar-refractivity contribution in [1.82, 2.24) is 20.3 Å². The van der Waals surface area contributed by atoms with Gasteiger partial charge in [0.15, 0.2) is 0 Å². The molecule has 5 nitrogen and oxygen atoms in total. The van der Waals surface area contributed by atoms with Crippen molar-refractivity contribution in [3.05, 3.63) is 54.9 Å². The zero-order valence-corrected chi connectivity index (χ0v) is 10.8. The van der Waals surface area contributed by atoms with Crippen LogP contribution in [-0.2, 0) is 13.1 Å². The number of benzene rings is 1. The highest BCUT2D eigenvalue weighted by Gasteiger charge is 2.01. The number of para-hydroxylation sites is 1. The molecule has 19 heavy (non-hydrogen) atoms. The molecule has 0 aliphatic carbocycles. The Kier molecular flexibility index (Phi) is 5.13. The summed E-state index contributed by atoms with van der Waals surface area (Å²) in [6, 6.07) is 8.01. The minimum Gasteiger partial charge on any atom is -0.489 e. The van der Waals surface area contributed by atoms with E-state index >= 15 is 0 Å². The third kappa shape index (κ3) is 4.22. The van der Waals surface area contributed by atoms with Crippen molar-refractivity contribution in [2.24, 2.45) is 0 Å². The first-order valence-corrected chi connectivity index (χ1v) is 6.26. The molecule has 0 atom stereocenters. The zero-order chi connectivity index (χ0) is 13.3. The van der Waals surface area contributed by atoms with Gasteiger partial charge in [-0.25, -0.2) is 0 Å². The highest BCUT2D eigenvalue weighted by atomic mass is 16.5. The van der Waals surface area contributed by atoms with Crippen molar-refractivity contribution in [2.45, 2.75) is 13.1 Å². The summed E-state index contributed by atoms with van der Waals surface area (Å²) in [5.41, 5.74) is 1.14. The largest absolute Gasteiger partial charge is 0.489 e. The molecule has 0 fully saturated rings. The quantitative estimate of drug-likeness (QED) is 0.577. The number of aromatic nitrogens is 3. The average molecular weight is 258 g/mol. The molecule has 2 rings (SSSR count). The van der Waals surface area contributed by atoms with Crippen LogP contribution < -0.4 is 10.1 Å². The SMILES string of the molecule is C=CCOc1ccccc1CNCCn1ccnn1. The summed E-state index contributed by atoms with van der Waals surface area (Å²) in [4.78, 5) is 0. The van der Waals surface area contributed by atoms with Crippen LogP contribution in [0.3, 0.4) is 0 Å². The Morgan fingerprint density at radius 3 is 3.05 bits per heavy atom. The first kappa shape index (κ1) is 13.3. The van der Waals surface area contributed by atoms with E-state index in [2.05, 4.69) is 28.3 Å². The molecule has 0 amide bonds. The normalized spacial score (nSPS) is 10.3. The molecule has 1 aromatic heterocycles. The van der Waals surface area contributed by atoms with Gasteiger partial charge in [0.25, 0.3) is 0 Å². The van der Waals surface area contributed by atoms with Crippen molar-refractivity contribution < 1.29 is 4.74 Å². The van der Waals surface area contributed by atoms with Crippen LogP contribution >= 0.6 is 0 Å². The maximum Gasteiger partial charge on any atom is 0.124 e. The molecule has 0 aliphatic heterocycles. The second kappa shape index (κ2) is 7.33. The van der Waals surface area contributed by atoms with Gasteiger partial charge in [-0.1, -0.05) is 36.1 Å². The van der Waals surface area contributed by atoms with Gasteiger partial charge < -0.3 is 10.1 Å². The molecule has 0 radical (unpaired) electrons. The molecular weight excluding hydrogens is 240 g/mol. The molecule has 1 heterocycles. The molecule has 1 aromatic carbocycles. The molecule has 5 heteroatoms. The number of hydrogen-bond acceptors (Lipinski definition) is 4. The fourth-order valence-corrected chi connectivity index (χ4v) is 1.71. The summed E-state index contributed by atoms with van der Waals surface area (Å²) in [5.74, 6) is 0.899. The Hall–Kier alpha value is -2.14. The van der Waals surface area contributed by atoms with Crippen LogP contribution in [0.5, 0.6) is 5.75 Å². The summed E-state index contributed by atoms with van der Waals surface area (Å²) in [5, 5.41) is 11.0. The molecule has 0 unspecified atom stereocenters. The van der Waals surface area contributed by atoms with Crippen molar-refractivity contribution in [3.8, 4) is 5.75 Å². The predicted molar refractivity (Wildman–Crippen MR) is 73.9 cm³/mol. The molecule has 0 saturated heterocycles. The fraction of sp³-hybridized carbons (Fsp3) is 0.286. The Morgan fingerprint density at radius 1 is 1.37 bits per heavy atom. The van der Waals surface area contributed by atoms with Crippen LogP contribution in [-0.4, -0.2) is 28.1 Å². The maximum absolute atomic E-state index is 5.60. The van der Waals surface area contributed by atoms with E-state index in [9.17, 15) is 0 Å². The smallest absolute Gasteiger partial charge is 0.124 e. The zero-order valence-electron chi connectivity index (χ0n) is 10.8. The van der Waals surface area contributed by atoms with E-state index in [4.69, 9.17) is 4.74 Å². The highest BCUT2D eigenvalue weighted by Crippen LogP contribution is 2.17. The lowest BCUT2D eigenvalue weighted by atomic mass is 10.2. The Bertz CT molecular complexity index is 496. The van der Waals surface area contributed by atoms with Gasteiger partial charge in [-0.2, -0.15) is 0 Å². The van der Waals surface area contributed by atoms with E-state index in [0.29, 0.717) is 6.61 Å². The number of nitrogens with one attached hydrogen (secondary N) is 1. The standard InChI is InChI=1S/C14H18N4O/c1-2-11-19-14-6-4-3-5-13(14)12-15-7-9-18-10-8-16-17-18/h2-6,8,10,15H,1,7,9,11-12H2. The van der Waals surface area contributed by atoms with Crippen LogP contribution in [0.4, 0.5) is 0 Å². The van der Waals surface area contributed by atoms with E-state index in [1.165, 1.54) is 0 Å². The monoisotopic (exact) mass is 258 g/mol. The number of nitrogens with zero attached hydrogens (tertiary/aromatic N) is 3. The first-order chi connectivity index (χ1) is 9.40. The van der Waals surface area contributed by atoms with Crippen molar-refractivity contribution >= 4 is 0 Å². The number of ether oxygens (including phenoxy) is 1. The third-order valence-electron chi connectivity index (χ3n) is 2.63. The van der Waals surface area contributed by atoms with Crippen LogP contribution in [0.1, 0.15) is 5.56 Å². The van der Waals surface area contributed by atoms with Gasteiger partial charge in [-0.3, -0.25) is 4.68 Å². The lowest BCUT2D eigenvalue weighted by molar-refractivity contribution is 0.357. The Morgan fingerprint density at radius 2 is 2.26 bits per heavy atom. The van der Waals surface area contributed by atoms with Gasteiger partial charge in [0.2, 0.25) is 0 Å². The molecule has 0 spiro atoms. The minimum atomic E-state index is 0.524. The van der Waals surface area contributed by atoms with Crippen molar-refractivity contribution in [2.75, 3.05) is 13.2 Å². The maximum atomic E-state index is 5.60. The van der Waals surface area contributed by atoms with Gasteiger partial charge in [0.05, 0.1) is 12.7 Å². The molecule has 2 aromatic rings. The van der Waals surface area contributed by atoms with E-state index in [0.717, 1.165) is 30.9 Å². The fourth-order valence-electron chi connectivity index (χ4n) is 1.71. The summed E-state index contributed by atoms with van der Waals surface area (Å²) in [6.07, 6.45) is 5.27. The molecule has 0 aliphatic rings. The summed E-state index contributed by atoms with van der Waals surface area (Å²) >= 11 is 0. The van der Waals surface area contributed by atoms with Crippen LogP contribution in [0.25, 0.3) is 0 Å². The summed E-state index contributed by atoms with van der Waals surface area (Å²) in [6.45, 7) is 6.58. The first-order valence-electron chi connectivity index (χ1n) is 6.26. The van der Waals surface area contributed by atoms with Crippen molar-refractivity contribution in [3.63, 3.8) is 0 Å².